The Bertz CT molecular complexity index is 3260. The number of alkyl halides is 2. The van der Waals surface area contributed by atoms with Gasteiger partial charge in [-0.15, -0.1) is 0 Å². The lowest BCUT2D eigenvalue weighted by Crippen LogP contribution is -2.53. The number of hydrogen-bond acceptors (Lipinski definition) is 12. The van der Waals surface area contributed by atoms with E-state index in [2.05, 4.69) is 74.5 Å². The minimum absolute atomic E-state index is 0.0383. The molecular formula is C80H120ClF2N9O6. The Hall–Kier alpha value is -4.42. The van der Waals surface area contributed by atoms with Crippen LogP contribution in [0.1, 0.15) is 249 Å². The normalized spacial score (nSPS) is 42.7. The molecule has 98 heavy (non-hydrogen) atoms. The number of carbonyl (C=O) groups is 3. The maximum absolute atomic E-state index is 13.4. The summed E-state index contributed by atoms with van der Waals surface area (Å²) in [6.45, 7) is 20.0. The molecule has 13 aliphatic carbocycles. The predicted octanol–water partition coefficient (Wildman–Crippen LogP) is 15.5. The van der Waals surface area contributed by atoms with Gasteiger partial charge < -0.3 is 15.3 Å². The third-order valence-electron chi connectivity index (χ3n) is 29.3. The van der Waals surface area contributed by atoms with E-state index in [9.17, 15) is 38.5 Å². The van der Waals surface area contributed by atoms with Gasteiger partial charge in [-0.25, -0.2) is 8.78 Å². The average Bonchev–Trinajstić information content (AvgIpc) is 1.51. The predicted molar refractivity (Wildman–Crippen MR) is 376 cm³/mol. The van der Waals surface area contributed by atoms with E-state index < -0.39 is 23.2 Å². The number of nitrogens with zero attached hydrogens (tertiary/aromatic N) is 9. The third-order valence-corrected chi connectivity index (χ3v) is 29.4. The molecule has 3 aromatic rings. The number of halogens is 3. The van der Waals surface area contributed by atoms with Crippen molar-refractivity contribution in [3.63, 3.8) is 0 Å². The van der Waals surface area contributed by atoms with Crippen LogP contribution >= 0.6 is 11.6 Å². The van der Waals surface area contributed by atoms with Crippen LogP contribution < -0.4 is 0 Å². The molecule has 15 nitrogen and oxygen atoms in total. The molecule has 3 aromatic heterocycles. The number of fused-ring (bicyclic) bond motifs is 15. The van der Waals surface area contributed by atoms with Gasteiger partial charge in [-0.2, -0.15) is 45.0 Å². The van der Waals surface area contributed by atoms with Crippen molar-refractivity contribution < 1.29 is 38.5 Å². The summed E-state index contributed by atoms with van der Waals surface area (Å²) < 4.78 is 26.8. The number of ketones is 3. The van der Waals surface area contributed by atoms with Gasteiger partial charge in [-0.1, -0.05) is 80.1 Å². The molecule has 542 valence electrons. The highest BCUT2D eigenvalue weighted by Crippen LogP contribution is 2.68. The van der Waals surface area contributed by atoms with Crippen molar-refractivity contribution in [3.8, 4) is 23.1 Å². The summed E-state index contributed by atoms with van der Waals surface area (Å²) in [5.41, 5.74) is -3.09. The third kappa shape index (κ3) is 14.9. The zero-order valence-electron chi connectivity index (χ0n) is 60.9. The van der Waals surface area contributed by atoms with E-state index >= 15 is 0 Å². The van der Waals surface area contributed by atoms with Crippen LogP contribution in [0, 0.1) is 152 Å². The van der Waals surface area contributed by atoms with Gasteiger partial charge in [-0.3, -0.25) is 14.4 Å². The average molecular weight is 1380 g/mol. The van der Waals surface area contributed by atoms with Crippen LogP contribution in [-0.4, -0.2) is 101 Å². The Morgan fingerprint density at radius 2 is 0.735 bits per heavy atom. The monoisotopic (exact) mass is 1380 g/mol. The lowest BCUT2D eigenvalue weighted by Gasteiger charge is -2.57. The van der Waals surface area contributed by atoms with Crippen LogP contribution in [0.4, 0.5) is 8.78 Å². The fraction of sp³-hybridized carbons (Fsp3) is 0.838. The molecule has 3 N–H and O–H groups in total. The van der Waals surface area contributed by atoms with Gasteiger partial charge in [0.2, 0.25) is 0 Å². The highest BCUT2D eigenvalue weighted by atomic mass is 35.5. The van der Waals surface area contributed by atoms with E-state index in [0.717, 1.165) is 132 Å². The van der Waals surface area contributed by atoms with Gasteiger partial charge in [-0.05, 0) is 303 Å². The zero-order valence-corrected chi connectivity index (χ0v) is 61.6. The standard InChI is InChI=1S/C27H37N3O2.C24H32ClN3O2.C23H33F2N3O2.3C2H6/c1-26-11-9-21-20-10-13-27(32,12-8-18-2-3-18)16-19(20)4-5-22(21)23(26)6-7-24(26)25(31)17-30-28-14-15-29-30;1-23-8-6-18-17-7-9-24(30,10-11-25)14-16(17)2-3-19(18)20(23)4-5-21(23)22(29)15-28-26-12-13-27-28;1-22-8-6-16-15-7-9-23(30,21(24)25)12-14(15)2-3-17(16)18(22)4-5-19(22)20(29)13-28-26-10-11-27-28;3*1-2/h14-15,18-24,32H,2-7,9-11,13,16-17H2,1H3;12-13,16-21,30H,2-9,14-15H2,1H3;10-11,14-19,21,30H,2-9,12-13H2,1H3;3*1-2H3/t19-,20+,21?,22?,23?,24-,26+,27-;16-,17+,18?,19?,20?,21-,23+,24+;14-,15+,16?,17?,18?,19-,22+,23-;;;/m111.../s1. The SMILES string of the molecule is CC.CC.CC.C[C@]12CCC3C(CC[C@@H]4C[C@@](O)(C#CC5CC5)CC[C@H]34)C1CC[C@@H]2C(=O)Cn1nccn1.C[C@]12CCC3C(CC[C@@H]4C[C@@](O)(C#CCl)CC[C@H]34)C1CC[C@@H]2C(=O)Cn1nccn1.C[C@]12CCC3C(CC[C@@H]4C[C@@](O)(C(F)F)CC[C@H]34)C1CC[C@@H]2C(=O)Cn1nccn1. The van der Waals surface area contributed by atoms with Crippen molar-refractivity contribution in [2.45, 2.75) is 291 Å². The number of carbonyl (C=O) groups excluding carboxylic acids is 3. The number of aliphatic hydroxyl groups is 3. The molecule has 0 aromatic carbocycles. The van der Waals surface area contributed by atoms with Crippen LogP contribution in [-0.2, 0) is 34.0 Å². The van der Waals surface area contributed by atoms with E-state index in [1.165, 1.54) is 80.2 Å². The van der Waals surface area contributed by atoms with Crippen molar-refractivity contribution in [1.29, 1.82) is 0 Å². The fourth-order valence-electron chi connectivity index (χ4n) is 25.0. The zero-order chi connectivity index (χ0) is 70.0. The smallest absolute Gasteiger partial charge is 0.266 e. The summed E-state index contributed by atoms with van der Waals surface area (Å²) in [5, 5.41) is 59.5. The van der Waals surface area contributed by atoms with E-state index in [0.29, 0.717) is 83.8 Å². The molecule has 18 heteroatoms. The number of Topliss-reactive ketones (excluding diaryl/α,β-unsaturated/α-hetero) is 3. The molecule has 3 heterocycles. The lowest BCUT2D eigenvalue weighted by molar-refractivity contribution is -0.160. The largest absolute Gasteiger partial charge is 0.384 e. The lowest BCUT2D eigenvalue weighted by atomic mass is 9.49. The molecule has 13 saturated carbocycles. The van der Waals surface area contributed by atoms with Crippen molar-refractivity contribution in [3.05, 3.63) is 37.2 Å². The summed E-state index contributed by atoms with van der Waals surface area (Å²) in [6.07, 6.45) is 36.7. The fourth-order valence-corrected chi connectivity index (χ4v) is 25.1. The molecule has 0 aliphatic heterocycles. The van der Waals surface area contributed by atoms with E-state index in [4.69, 9.17) is 11.6 Å². The molecule has 9 unspecified atom stereocenters. The Morgan fingerprint density at radius 3 is 1.06 bits per heavy atom. The summed E-state index contributed by atoms with van der Waals surface area (Å²) in [7, 11) is 0. The molecule has 16 rings (SSSR count). The molecular weight excluding hydrogens is 1260 g/mol. The van der Waals surface area contributed by atoms with Crippen LogP contribution in [0.5, 0.6) is 0 Å². The van der Waals surface area contributed by atoms with Crippen molar-refractivity contribution in [2.75, 3.05) is 0 Å². The van der Waals surface area contributed by atoms with E-state index in [1.54, 1.807) is 42.0 Å². The molecule has 24 atom stereocenters. The molecule has 0 bridgehead atoms. The second-order valence-electron chi connectivity index (χ2n) is 33.4. The first-order chi connectivity index (χ1) is 47.2. The minimum atomic E-state index is -2.64. The van der Waals surface area contributed by atoms with Crippen molar-refractivity contribution in [2.24, 2.45) is 129 Å². The molecule has 0 amide bonds. The number of rotatable bonds is 10. The summed E-state index contributed by atoms with van der Waals surface area (Å²) >= 11 is 5.61. The highest BCUT2D eigenvalue weighted by molar-refractivity contribution is 6.30. The van der Waals surface area contributed by atoms with Gasteiger partial charge in [0.05, 0.1) is 37.2 Å². The van der Waals surface area contributed by atoms with Gasteiger partial charge in [0.15, 0.2) is 17.3 Å². The summed E-state index contributed by atoms with van der Waals surface area (Å²) in [6, 6.07) is 0. The summed E-state index contributed by atoms with van der Waals surface area (Å²) in [4.78, 5) is 44.0. The van der Waals surface area contributed by atoms with Crippen molar-refractivity contribution in [1.82, 2.24) is 45.0 Å². The van der Waals surface area contributed by atoms with Gasteiger partial charge in [0.25, 0.3) is 6.43 Å². The second-order valence-corrected chi connectivity index (χ2v) is 33.6. The van der Waals surface area contributed by atoms with Gasteiger partial charge >= 0.3 is 0 Å². The minimum Gasteiger partial charge on any atom is -0.384 e. The van der Waals surface area contributed by atoms with Crippen LogP contribution in [0.15, 0.2) is 37.2 Å². The van der Waals surface area contributed by atoms with E-state index in [1.807, 2.05) is 41.5 Å². The number of hydrogen-bond donors (Lipinski definition) is 3. The first-order valence-corrected chi connectivity index (χ1v) is 39.8. The van der Waals surface area contributed by atoms with Crippen LogP contribution in [0.25, 0.3) is 0 Å². The first-order valence-electron chi connectivity index (χ1n) is 39.4. The Balaban J connectivity index is 0.000000143. The Labute approximate surface area is 589 Å². The Morgan fingerprint density at radius 1 is 0.418 bits per heavy atom. The van der Waals surface area contributed by atoms with Crippen molar-refractivity contribution >= 4 is 29.0 Å². The summed E-state index contributed by atoms with van der Waals surface area (Å²) in [5.74, 6) is 20.8. The maximum atomic E-state index is 13.4. The topological polar surface area (TPSA) is 204 Å². The number of aromatic nitrogens is 9. The second kappa shape index (κ2) is 31.3. The maximum Gasteiger partial charge on any atom is 0.266 e. The molecule has 0 saturated heterocycles. The van der Waals surface area contributed by atoms with Gasteiger partial charge in [0, 0.05) is 29.1 Å². The van der Waals surface area contributed by atoms with Gasteiger partial charge in [0.1, 0.15) is 36.4 Å². The molecule has 13 fully saturated rings. The molecule has 0 radical (unpaired) electrons. The quantitative estimate of drug-likeness (QED) is 0.162. The van der Waals surface area contributed by atoms with Crippen LogP contribution in [0.3, 0.4) is 0 Å². The Kier molecular flexibility index (Phi) is 23.9. The van der Waals surface area contributed by atoms with Crippen LogP contribution in [0.2, 0.25) is 0 Å². The van der Waals surface area contributed by atoms with E-state index in [-0.39, 0.29) is 65.1 Å². The molecule has 0 spiro atoms. The molecule has 13 aliphatic rings. The first kappa shape index (κ1) is 74.8. The highest BCUT2D eigenvalue weighted by Gasteiger charge is 2.63.